The normalized spacial score (nSPS) is 11.2. The Morgan fingerprint density at radius 1 is 1.08 bits per heavy atom. The number of carbonyl (C=O) groups excluding carboxylic acids is 1. The molecular formula is C20H24N2O2. The second-order valence-corrected chi connectivity index (χ2v) is 5.59. The van der Waals surface area contributed by atoms with Gasteiger partial charge in [0.2, 0.25) is 5.91 Å². The molecule has 0 unspecified atom stereocenters. The highest BCUT2D eigenvalue weighted by molar-refractivity contribution is 6.01. The van der Waals surface area contributed by atoms with Gasteiger partial charge in [0, 0.05) is 0 Å². The summed E-state index contributed by atoms with van der Waals surface area (Å²) >= 11 is 0. The summed E-state index contributed by atoms with van der Waals surface area (Å²) in [5.41, 5.74) is 5.58. The van der Waals surface area contributed by atoms with Gasteiger partial charge in [-0.25, -0.2) is 5.43 Å². The first-order valence-corrected chi connectivity index (χ1v) is 8.26. The van der Waals surface area contributed by atoms with Crippen LogP contribution in [0.5, 0.6) is 5.75 Å². The summed E-state index contributed by atoms with van der Waals surface area (Å²) in [6, 6.07) is 17.4. The minimum Gasteiger partial charge on any atom is -0.497 e. The predicted octanol–water partition coefficient (Wildman–Crippen LogP) is 3.95. The summed E-state index contributed by atoms with van der Waals surface area (Å²) in [6.45, 7) is 2.14. The average molecular weight is 324 g/mol. The Morgan fingerprint density at radius 2 is 1.79 bits per heavy atom. The monoisotopic (exact) mass is 324 g/mol. The van der Waals surface area contributed by atoms with Crippen LogP contribution in [0, 0.1) is 0 Å². The van der Waals surface area contributed by atoms with Crippen molar-refractivity contribution in [3.63, 3.8) is 0 Å². The van der Waals surface area contributed by atoms with Gasteiger partial charge in [0.05, 0.1) is 19.2 Å². The van der Waals surface area contributed by atoms with Crippen LogP contribution < -0.4 is 10.2 Å². The second-order valence-electron chi connectivity index (χ2n) is 5.59. The van der Waals surface area contributed by atoms with Crippen molar-refractivity contribution in [1.29, 1.82) is 0 Å². The molecule has 4 heteroatoms. The second kappa shape index (κ2) is 9.50. The van der Waals surface area contributed by atoms with E-state index in [0.717, 1.165) is 41.9 Å². The molecule has 0 fully saturated rings. The van der Waals surface area contributed by atoms with Crippen molar-refractivity contribution in [1.82, 2.24) is 5.43 Å². The maximum Gasteiger partial charge on any atom is 0.244 e. The van der Waals surface area contributed by atoms with E-state index in [1.54, 1.807) is 7.11 Å². The molecule has 0 saturated carbocycles. The van der Waals surface area contributed by atoms with Gasteiger partial charge in [0.15, 0.2) is 0 Å². The molecule has 2 rings (SSSR count). The Hall–Kier alpha value is -2.62. The van der Waals surface area contributed by atoms with Crippen LogP contribution in [0.2, 0.25) is 0 Å². The molecule has 126 valence electrons. The van der Waals surface area contributed by atoms with Gasteiger partial charge in [0.1, 0.15) is 5.75 Å². The zero-order chi connectivity index (χ0) is 17.2. The van der Waals surface area contributed by atoms with Gasteiger partial charge in [0.25, 0.3) is 0 Å². The number of rotatable bonds is 8. The number of benzene rings is 2. The molecule has 0 atom stereocenters. The Bertz CT molecular complexity index is 664. The van der Waals surface area contributed by atoms with Crippen LogP contribution in [-0.2, 0) is 11.2 Å². The molecule has 0 radical (unpaired) electrons. The fourth-order valence-corrected chi connectivity index (χ4v) is 2.34. The standard InChI is InChI=1S/C20H24N2O2/c1-3-4-10-19(17-8-6-5-7-9-17)21-22-20(23)15-16-11-13-18(24-2)14-12-16/h5-9,11-14H,3-4,10,15H2,1-2H3,(H,22,23)/b21-19-. The highest BCUT2D eigenvalue weighted by atomic mass is 16.5. The van der Waals surface area contributed by atoms with Crippen molar-refractivity contribution in [3.8, 4) is 5.75 Å². The number of hydrazone groups is 1. The molecule has 2 aromatic rings. The lowest BCUT2D eigenvalue weighted by molar-refractivity contribution is -0.120. The molecule has 0 aromatic heterocycles. The molecular weight excluding hydrogens is 300 g/mol. The van der Waals surface area contributed by atoms with Gasteiger partial charge in [-0.3, -0.25) is 4.79 Å². The minimum atomic E-state index is -0.120. The van der Waals surface area contributed by atoms with Crippen molar-refractivity contribution in [2.24, 2.45) is 5.10 Å². The fraction of sp³-hybridized carbons (Fsp3) is 0.300. The number of hydrogen-bond donors (Lipinski definition) is 1. The van der Waals surface area contributed by atoms with E-state index in [9.17, 15) is 4.79 Å². The number of nitrogens with zero attached hydrogens (tertiary/aromatic N) is 1. The summed E-state index contributed by atoms with van der Waals surface area (Å²) in [6.07, 6.45) is 3.28. The van der Waals surface area contributed by atoms with Crippen molar-refractivity contribution in [3.05, 3.63) is 65.7 Å². The van der Waals surface area contributed by atoms with Gasteiger partial charge in [-0.05, 0) is 36.1 Å². The van der Waals surface area contributed by atoms with E-state index < -0.39 is 0 Å². The van der Waals surface area contributed by atoms with Gasteiger partial charge in [-0.1, -0.05) is 55.8 Å². The predicted molar refractivity (Wildman–Crippen MR) is 97.3 cm³/mol. The van der Waals surface area contributed by atoms with Crippen molar-refractivity contribution >= 4 is 11.6 Å². The number of unbranched alkanes of at least 4 members (excludes halogenated alkanes) is 1. The molecule has 0 aliphatic rings. The number of ether oxygens (including phenoxy) is 1. The maximum absolute atomic E-state index is 12.1. The molecule has 0 bridgehead atoms. The van der Waals surface area contributed by atoms with E-state index in [-0.39, 0.29) is 5.91 Å². The van der Waals surface area contributed by atoms with Crippen molar-refractivity contribution in [2.45, 2.75) is 32.6 Å². The lowest BCUT2D eigenvalue weighted by Gasteiger charge is -2.07. The van der Waals surface area contributed by atoms with E-state index in [4.69, 9.17) is 4.74 Å². The lowest BCUT2D eigenvalue weighted by atomic mass is 10.1. The molecule has 1 amide bonds. The summed E-state index contributed by atoms with van der Waals surface area (Å²) in [5, 5.41) is 4.35. The van der Waals surface area contributed by atoms with Crippen molar-refractivity contribution < 1.29 is 9.53 Å². The van der Waals surface area contributed by atoms with Crippen LogP contribution in [0.15, 0.2) is 59.7 Å². The van der Waals surface area contributed by atoms with E-state index in [2.05, 4.69) is 17.5 Å². The Morgan fingerprint density at radius 3 is 2.42 bits per heavy atom. The number of hydrogen-bond acceptors (Lipinski definition) is 3. The highest BCUT2D eigenvalue weighted by Crippen LogP contribution is 2.12. The van der Waals surface area contributed by atoms with Gasteiger partial charge in [-0.15, -0.1) is 0 Å². The number of carbonyl (C=O) groups is 1. The van der Waals surface area contributed by atoms with Crippen LogP contribution in [0.1, 0.15) is 37.3 Å². The van der Waals surface area contributed by atoms with Crippen LogP contribution in [0.3, 0.4) is 0 Å². The first-order chi connectivity index (χ1) is 11.7. The van der Waals surface area contributed by atoms with Crippen LogP contribution in [0.4, 0.5) is 0 Å². The third-order valence-corrected chi connectivity index (χ3v) is 3.71. The van der Waals surface area contributed by atoms with E-state index >= 15 is 0 Å². The zero-order valence-electron chi connectivity index (χ0n) is 14.3. The molecule has 0 aliphatic heterocycles. The first-order valence-electron chi connectivity index (χ1n) is 8.26. The molecule has 0 spiro atoms. The quantitative estimate of drug-likeness (QED) is 0.590. The number of methoxy groups -OCH3 is 1. The summed E-state index contributed by atoms with van der Waals surface area (Å²) < 4.78 is 5.12. The first kappa shape index (κ1) is 17.7. The average Bonchev–Trinajstić information content (AvgIpc) is 2.63. The maximum atomic E-state index is 12.1. The van der Waals surface area contributed by atoms with E-state index in [1.165, 1.54) is 0 Å². The smallest absolute Gasteiger partial charge is 0.244 e. The molecule has 0 aliphatic carbocycles. The highest BCUT2D eigenvalue weighted by Gasteiger charge is 2.06. The molecule has 4 nitrogen and oxygen atoms in total. The summed E-state index contributed by atoms with van der Waals surface area (Å²) in [7, 11) is 1.62. The summed E-state index contributed by atoms with van der Waals surface area (Å²) in [4.78, 5) is 12.1. The Labute approximate surface area is 143 Å². The third kappa shape index (κ3) is 5.54. The van der Waals surface area contributed by atoms with Crippen molar-refractivity contribution in [2.75, 3.05) is 7.11 Å². The summed E-state index contributed by atoms with van der Waals surface area (Å²) in [5.74, 6) is 0.660. The van der Waals surface area contributed by atoms with Crippen LogP contribution >= 0.6 is 0 Å². The number of amides is 1. The van der Waals surface area contributed by atoms with Gasteiger partial charge < -0.3 is 4.74 Å². The van der Waals surface area contributed by atoms with Gasteiger partial charge in [-0.2, -0.15) is 5.10 Å². The van der Waals surface area contributed by atoms with Gasteiger partial charge >= 0.3 is 0 Å². The molecule has 0 saturated heterocycles. The lowest BCUT2D eigenvalue weighted by Crippen LogP contribution is -2.22. The van der Waals surface area contributed by atoms with E-state index in [1.807, 2.05) is 54.6 Å². The van der Waals surface area contributed by atoms with Crippen LogP contribution in [-0.4, -0.2) is 18.7 Å². The Kier molecular flexibility index (Phi) is 7.02. The largest absolute Gasteiger partial charge is 0.497 e. The van der Waals surface area contributed by atoms with E-state index in [0.29, 0.717) is 6.42 Å². The molecule has 24 heavy (non-hydrogen) atoms. The third-order valence-electron chi connectivity index (χ3n) is 3.71. The molecule has 1 N–H and O–H groups in total. The SMILES string of the molecule is CCCC/C(=N/NC(=O)Cc1ccc(OC)cc1)c1ccccc1. The molecule has 0 heterocycles. The zero-order valence-corrected chi connectivity index (χ0v) is 14.3. The Balaban J connectivity index is 2.00. The fourth-order valence-electron chi connectivity index (χ4n) is 2.34. The number of nitrogens with one attached hydrogen (secondary N) is 1. The molecule has 2 aromatic carbocycles. The minimum absolute atomic E-state index is 0.120. The topological polar surface area (TPSA) is 50.7 Å². The van der Waals surface area contributed by atoms with Crippen LogP contribution in [0.25, 0.3) is 0 Å².